The zero-order valence-electron chi connectivity index (χ0n) is 12.4. The summed E-state index contributed by atoms with van der Waals surface area (Å²) in [5, 5.41) is 0.254. The van der Waals surface area contributed by atoms with E-state index in [1.54, 1.807) is 0 Å². The summed E-state index contributed by atoms with van der Waals surface area (Å²) in [7, 11) is -2.79. The van der Waals surface area contributed by atoms with Crippen LogP contribution in [0.15, 0.2) is 47.4 Å². The lowest BCUT2D eigenvalue weighted by Crippen LogP contribution is -2.31. The number of nitrogens with two attached hydrogens (primary N) is 1. The van der Waals surface area contributed by atoms with Gasteiger partial charge < -0.3 is 10.5 Å². The maximum Gasteiger partial charge on any atom is 0.268 e. The molecule has 0 aliphatic rings. The first-order valence-electron chi connectivity index (χ1n) is 6.55. The molecule has 0 radical (unpaired) electrons. The van der Waals surface area contributed by atoms with Crippen molar-refractivity contribution in [2.45, 2.75) is 4.90 Å². The van der Waals surface area contributed by atoms with Gasteiger partial charge in [0.2, 0.25) is 5.91 Å². The van der Waals surface area contributed by atoms with Gasteiger partial charge in [-0.1, -0.05) is 11.6 Å². The number of ether oxygens (including phenoxy) is 1. The molecule has 0 unspecified atom stereocenters. The highest BCUT2D eigenvalue weighted by Gasteiger charge is 2.21. The third-order valence-electron chi connectivity index (χ3n) is 3.08. The van der Waals surface area contributed by atoms with E-state index in [1.165, 1.54) is 49.6 Å². The van der Waals surface area contributed by atoms with Gasteiger partial charge in [-0.25, -0.2) is 13.1 Å². The second kappa shape index (κ2) is 6.90. The Labute approximate surface area is 143 Å². The van der Waals surface area contributed by atoms with Gasteiger partial charge in [0.05, 0.1) is 17.6 Å². The van der Waals surface area contributed by atoms with Gasteiger partial charge in [-0.15, -0.1) is 0 Å². The number of carbonyl (C=O) groups excluding carboxylic acids is 2. The van der Waals surface area contributed by atoms with Crippen LogP contribution < -0.4 is 15.2 Å². The van der Waals surface area contributed by atoms with Gasteiger partial charge in [0, 0.05) is 10.6 Å². The number of carbonyl (C=O) groups is 2. The van der Waals surface area contributed by atoms with E-state index in [4.69, 9.17) is 22.1 Å². The van der Waals surface area contributed by atoms with E-state index < -0.39 is 21.8 Å². The van der Waals surface area contributed by atoms with Crippen LogP contribution in [0.25, 0.3) is 0 Å². The van der Waals surface area contributed by atoms with Gasteiger partial charge in [-0.2, -0.15) is 0 Å². The molecule has 3 N–H and O–H groups in total. The number of hydrogen-bond donors (Lipinski definition) is 2. The third-order valence-corrected chi connectivity index (χ3v) is 4.66. The standard InChI is InChI=1S/C15H13ClN2O5S/c1-23-13-7-4-10(16)8-12(13)15(20)18-24(21,22)11-5-2-9(3-6-11)14(17)19/h2-8H,1H3,(H2,17,19)(H,18,20). The summed E-state index contributed by atoms with van der Waals surface area (Å²) in [6.45, 7) is 0. The monoisotopic (exact) mass is 368 g/mol. The summed E-state index contributed by atoms with van der Waals surface area (Å²) >= 11 is 5.82. The number of sulfonamides is 1. The molecule has 126 valence electrons. The van der Waals surface area contributed by atoms with E-state index in [0.29, 0.717) is 0 Å². The molecule has 0 aliphatic carbocycles. The number of methoxy groups -OCH3 is 1. The van der Waals surface area contributed by atoms with E-state index in [-0.39, 0.29) is 26.8 Å². The number of nitrogens with one attached hydrogen (secondary N) is 1. The highest BCUT2D eigenvalue weighted by molar-refractivity contribution is 7.90. The number of benzene rings is 2. The quantitative estimate of drug-likeness (QED) is 0.831. The normalized spacial score (nSPS) is 10.9. The van der Waals surface area contributed by atoms with Gasteiger partial charge >= 0.3 is 0 Å². The van der Waals surface area contributed by atoms with Crippen molar-refractivity contribution in [1.82, 2.24) is 4.72 Å². The highest BCUT2D eigenvalue weighted by Crippen LogP contribution is 2.23. The average molecular weight is 369 g/mol. The summed E-state index contributed by atoms with van der Waals surface area (Å²) in [5.41, 5.74) is 5.22. The fourth-order valence-electron chi connectivity index (χ4n) is 1.89. The molecule has 0 saturated carbocycles. The predicted octanol–water partition coefficient (Wildman–Crippen LogP) is 1.57. The number of hydrogen-bond acceptors (Lipinski definition) is 5. The lowest BCUT2D eigenvalue weighted by Gasteiger charge is -2.10. The van der Waals surface area contributed by atoms with Crippen molar-refractivity contribution in [3.05, 3.63) is 58.6 Å². The first-order valence-corrected chi connectivity index (χ1v) is 8.41. The lowest BCUT2D eigenvalue weighted by atomic mass is 10.2. The Hall–Kier alpha value is -2.58. The van der Waals surface area contributed by atoms with E-state index in [1.807, 2.05) is 4.72 Å². The van der Waals surface area contributed by atoms with Crippen molar-refractivity contribution in [1.29, 1.82) is 0 Å². The second-order valence-corrected chi connectivity index (χ2v) is 6.79. The molecule has 7 nitrogen and oxygen atoms in total. The van der Waals surface area contributed by atoms with Crippen LogP contribution >= 0.6 is 11.6 Å². The molecule has 0 heterocycles. The van der Waals surface area contributed by atoms with Crippen LogP contribution in [0.3, 0.4) is 0 Å². The van der Waals surface area contributed by atoms with Crippen molar-refractivity contribution in [2.75, 3.05) is 7.11 Å². The van der Waals surface area contributed by atoms with Gasteiger partial charge in [0.25, 0.3) is 15.9 Å². The second-order valence-electron chi connectivity index (χ2n) is 4.67. The number of halogens is 1. The Kier molecular flexibility index (Phi) is 5.10. The smallest absolute Gasteiger partial charge is 0.268 e. The van der Waals surface area contributed by atoms with Crippen molar-refractivity contribution >= 4 is 33.4 Å². The predicted molar refractivity (Wildman–Crippen MR) is 87.6 cm³/mol. The van der Waals surface area contributed by atoms with Crippen molar-refractivity contribution < 1.29 is 22.7 Å². The van der Waals surface area contributed by atoms with Crippen LogP contribution in [-0.4, -0.2) is 27.3 Å². The number of amides is 2. The van der Waals surface area contributed by atoms with Crippen molar-refractivity contribution in [3.8, 4) is 5.75 Å². The zero-order valence-corrected chi connectivity index (χ0v) is 14.0. The summed E-state index contributed by atoms with van der Waals surface area (Å²) in [6.07, 6.45) is 0. The first-order chi connectivity index (χ1) is 11.2. The van der Waals surface area contributed by atoms with Gasteiger partial charge in [0.15, 0.2) is 0 Å². The number of rotatable bonds is 5. The Morgan fingerprint density at radius 2 is 1.75 bits per heavy atom. The van der Waals surface area contributed by atoms with E-state index in [0.717, 1.165) is 0 Å². The van der Waals surface area contributed by atoms with Crippen molar-refractivity contribution in [2.24, 2.45) is 5.73 Å². The molecule has 0 fully saturated rings. The van der Waals surface area contributed by atoms with Crippen LogP contribution in [0.1, 0.15) is 20.7 Å². The minimum atomic E-state index is -4.14. The molecule has 0 bridgehead atoms. The molecular formula is C15H13ClN2O5S. The number of primary amides is 1. The van der Waals surface area contributed by atoms with Crippen LogP contribution in [0.4, 0.5) is 0 Å². The van der Waals surface area contributed by atoms with E-state index in [2.05, 4.69) is 0 Å². The minimum Gasteiger partial charge on any atom is -0.496 e. The van der Waals surface area contributed by atoms with Crippen molar-refractivity contribution in [3.63, 3.8) is 0 Å². The molecule has 9 heteroatoms. The van der Waals surface area contributed by atoms with Gasteiger partial charge in [-0.05, 0) is 42.5 Å². The summed E-state index contributed by atoms with van der Waals surface area (Å²) in [6, 6.07) is 9.10. The molecule has 2 amide bonds. The highest BCUT2D eigenvalue weighted by atomic mass is 35.5. The largest absolute Gasteiger partial charge is 0.496 e. The van der Waals surface area contributed by atoms with E-state index >= 15 is 0 Å². The molecule has 2 rings (SSSR count). The third kappa shape index (κ3) is 3.84. The molecule has 0 aliphatic heterocycles. The van der Waals surface area contributed by atoms with Crippen LogP contribution in [0, 0.1) is 0 Å². The maximum atomic E-state index is 12.3. The molecule has 2 aromatic carbocycles. The fourth-order valence-corrected chi connectivity index (χ4v) is 3.03. The minimum absolute atomic E-state index is 0.0256. The summed E-state index contributed by atoms with van der Waals surface area (Å²) in [5.74, 6) is -1.41. The molecule has 0 saturated heterocycles. The maximum absolute atomic E-state index is 12.3. The molecule has 24 heavy (non-hydrogen) atoms. The molecule has 0 aromatic heterocycles. The molecule has 0 spiro atoms. The molecule has 2 aromatic rings. The van der Waals surface area contributed by atoms with Crippen LogP contribution in [0.5, 0.6) is 5.75 Å². The topological polar surface area (TPSA) is 116 Å². The SMILES string of the molecule is COc1ccc(Cl)cc1C(=O)NS(=O)(=O)c1ccc(C(N)=O)cc1. The van der Waals surface area contributed by atoms with Crippen LogP contribution in [-0.2, 0) is 10.0 Å². The fraction of sp³-hybridized carbons (Fsp3) is 0.0667. The molecule has 0 atom stereocenters. The summed E-state index contributed by atoms with van der Waals surface area (Å²) in [4.78, 5) is 23.0. The Bertz CT molecular complexity index is 895. The van der Waals surface area contributed by atoms with Gasteiger partial charge in [0.1, 0.15) is 5.75 Å². The Morgan fingerprint density at radius 3 is 2.29 bits per heavy atom. The molecular weight excluding hydrogens is 356 g/mol. The van der Waals surface area contributed by atoms with E-state index in [9.17, 15) is 18.0 Å². The summed E-state index contributed by atoms with van der Waals surface area (Å²) < 4.78 is 31.5. The first kappa shape index (κ1) is 17.8. The Morgan fingerprint density at radius 1 is 1.12 bits per heavy atom. The lowest BCUT2D eigenvalue weighted by molar-refractivity contribution is 0.0975. The van der Waals surface area contributed by atoms with Crippen LogP contribution in [0.2, 0.25) is 5.02 Å². The Balaban J connectivity index is 2.30. The van der Waals surface area contributed by atoms with Gasteiger partial charge in [-0.3, -0.25) is 9.59 Å². The zero-order chi connectivity index (χ0) is 17.9. The average Bonchev–Trinajstić information content (AvgIpc) is 2.54.